The summed E-state index contributed by atoms with van der Waals surface area (Å²) in [5.74, 6) is 0.939. The standard InChI is InChI=1S/C23H31N3O3/c1-5-17(4)25-23(28)18-9-11-19(12-10-18)26-22(27)14-24-20-7-6-8-21(13-20)29-15-16(2)3/h6-13,16-17,24H,5,14-15H2,1-4H3,(H,25,28)(H,26,27). The summed E-state index contributed by atoms with van der Waals surface area (Å²) >= 11 is 0. The Morgan fingerprint density at radius 2 is 1.72 bits per heavy atom. The van der Waals surface area contributed by atoms with E-state index in [-0.39, 0.29) is 24.4 Å². The lowest BCUT2D eigenvalue weighted by Gasteiger charge is -2.12. The Balaban J connectivity index is 1.83. The first-order valence-electron chi connectivity index (χ1n) is 10.0. The van der Waals surface area contributed by atoms with Gasteiger partial charge in [-0.25, -0.2) is 0 Å². The van der Waals surface area contributed by atoms with E-state index in [1.807, 2.05) is 38.1 Å². The van der Waals surface area contributed by atoms with Crippen LogP contribution in [0.2, 0.25) is 0 Å². The highest BCUT2D eigenvalue weighted by Crippen LogP contribution is 2.18. The maximum Gasteiger partial charge on any atom is 0.251 e. The molecule has 0 fully saturated rings. The third-order valence-electron chi connectivity index (χ3n) is 4.29. The van der Waals surface area contributed by atoms with Gasteiger partial charge in [0.15, 0.2) is 0 Å². The molecule has 0 bridgehead atoms. The van der Waals surface area contributed by atoms with Gasteiger partial charge >= 0.3 is 0 Å². The molecule has 0 saturated heterocycles. The monoisotopic (exact) mass is 397 g/mol. The fourth-order valence-electron chi connectivity index (χ4n) is 2.46. The Bertz CT molecular complexity index is 803. The molecule has 3 N–H and O–H groups in total. The van der Waals surface area contributed by atoms with E-state index in [0.29, 0.717) is 23.8 Å². The second-order valence-corrected chi connectivity index (χ2v) is 7.49. The lowest BCUT2D eigenvalue weighted by Crippen LogP contribution is -2.31. The molecular weight excluding hydrogens is 366 g/mol. The van der Waals surface area contributed by atoms with Gasteiger partial charge in [0, 0.05) is 29.0 Å². The van der Waals surface area contributed by atoms with Crippen molar-refractivity contribution in [2.75, 3.05) is 23.8 Å². The van der Waals surface area contributed by atoms with Crippen LogP contribution in [-0.4, -0.2) is 31.0 Å². The van der Waals surface area contributed by atoms with Gasteiger partial charge in [0.2, 0.25) is 5.91 Å². The quantitative estimate of drug-likeness (QED) is 0.558. The summed E-state index contributed by atoms with van der Waals surface area (Å²) in [6.45, 7) is 8.95. The van der Waals surface area contributed by atoms with Gasteiger partial charge in [-0.15, -0.1) is 0 Å². The molecule has 2 aromatic rings. The number of carbonyl (C=O) groups excluding carboxylic acids is 2. The van der Waals surface area contributed by atoms with Crippen LogP contribution in [0.25, 0.3) is 0 Å². The topological polar surface area (TPSA) is 79.5 Å². The molecule has 0 heterocycles. The first-order chi connectivity index (χ1) is 13.9. The minimum Gasteiger partial charge on any atom is -0.493 e. The normalized spacial score (nSPS) is 11.6. The predicted molar refractivity (Wildman–Crippen MR) is 118 cm³/mol. The van der Waals surface area contributed by atoms with E-state index < -0.39 is 0 Å². The maximum atomic E-state index is 12.2. The zero-order valence-electron chi connectivity index (χ0n) is 17.6. The van der Waals surface area contributed by atoms with Gasteiger partial charge in [0.25, 0.3) is 5.91 Å². The molecule has 0 aliphatic rings. The molecule has 0 saturated carbocycles. The molecule has 6 nitrogen and oxygen atoms in total. The van der Waals surface area contributed by atoms with E-state index >= 15 is 0 Å². The first kappa shape index (κ1) is 22.3. The fraction of sp³-hybridized carbons (Fsp3) is 0.391. The molecule has 0 radical (unpaired) electrons. The molecule has 29 heavy (non-hydrogen) atoms. The third-order valence-corrected chi connectivity index (χ3v) is 4.29. The van der Waals surface area contributed by atoms with Gasteiger partial charge in [0.1, 0.15) is 5.75 Å². The zero-order valence-corrected chi connectivity index (χ0v) is 17.6. The summed E-state index contributed by atoms with van der Waals surface area (Å²) < 4.78 is 5.70. The van der Waals surface area contributed by atoms with E-state index in [1.165, 1.54) is 0 Å². The smallest absolute Gasteiger partial charge is 0.251 e. The number of hydrogen-bond acceptors (Lipinski definition) is 4. The summed E-state index contributed by atoms with van der Waals surface area (Å²) in [5, 5.41) is 8.83. The van der Waals surface area contributed by atoms with Crippen molar-refractivity contribution in [2.24, 2.45) is 5.92 Å². The van der Waals surface area contributed by atoms with E-state index in [1.54, 1.807) is 24.3 Å². The molecule has 0 aliphatic heterocycles. The van der Waals surface area contributed by atoms with Crippen LogP contribution in [0.4, 0.5) is 11.4 Å². The second-order valence-electron chi connectivity index (χ2n) is 7.49. The Morgan fingerprint density at radius 3 is 2.38 bits per heavy atom. The zero-order chi connectivity index (χ0) is 21.2. The highest BCUT2D eigenvalue weighted by atomic mass is 16.5. The van der Waals surface area contributed by atoms with Gasteiger partial charge < -0.3 is 20.7 Å². The number of nitrogens with one attached hydrogen (secondary N) is 3. The number of rotatable bonds is 10. The molecule has 6 heteroatoms. The minimum atomic E-state index is -0.171. The largest absolute Gasteiger partial charge is 0.493 e. The van der Waals surface area contributed by atoms with Gasteiger partial charge in [-0.2, -0.15) is 0 Å². The summed E-state index contributed by atoms with van der Waals surface area (Å²) in [4.78, 5) is 24.3. The average Bonchev–Trinajstić information content (AvgIpc) is 2.71. The fourth-order valence-corrected chi connectivity index (χ4v) is 2.46. The molecule has 0 aliphatic carbocycles. The minimum absolute atomic E-state index is 0.113. The lowest BCUT2D eigenvalue weighted by molar-refractivity contribution is -0.114. The van der Waals surface area contributed by atoms with Crippen molar-refractivity contribution in [3.63, 3.8) is 0 Å². The van der Waals surface area contributed by atoms with Gasteiger partial charge in [-0.3, -0.25) is 9.59 Å². The Hall–Kier alpha value is -3.02. The average molecular weight is 398 g/mol. The molecule has 1 atom stereocenters. The highest BCUT2D eigenvalue weighted by molar-refractivity contribution is 5.96. The molecule has 2 rings (SSSR count). The van der Waals surface area contributed by atoms with Crippen LogP contribution >= 0.6 is 0 Å². The van der Waals surface area contributed by atoms with Crippen LogP contribution < -0.4 is 20.7 Å². The van der Waals surface area contributed by atoms with Crippen LogP contribution in [0, 0.1) is 5.92 Å². The van der Waals surface area contributed by atoms with E-state index in [4.69, 9.17) is 4.74 Å². The predicted octanol–water partition coefficient (Wildman–Crippen LogP) is 4.30. The number of hydrogen-bond donors (Lipinski definition) is 3. The molecule has 156 valence electrons. The second kappa shape index (κ2) is 11.1. The van der Waals surface area contributed by atoms with Crippen molar-refractivity contribution in [2.45, 2.75) is 40.2 Å². The van der Waals surface area contributed by atoms with Crippen molar-refractivity contribution in [3.05, 3.63) is 54.1 Å². The van der Waals surface area contributed by atoms with E-state index in [2.05, 4.69) is 29.8 Å². The molecule has 1 unspecified atom stereocenters. The van der Waals surface area contributed by atoms with E-state index in [9.17, 15) is 9.59 Å². The molecule has 2 aromatic carbocycles. The molecular formula is C23H31N3O3. The summed E-state index contributed by atoms with van der Waals surface area (Å²) in [7, 11) is 0. The van der Waals surface area contributed by atoms with Gasteiger partial charge in [-0.1, -0.05) is 26.8 Å². The van der Waals surface area contributed by atoms with Crippen LogP contribution in [0.3, 0.4) is 0 Å². The summed E-state index contributed by atoms with van der Waals surface area (Å²) in [6.07, 6.45) is 0.875. The number of carbonyl (C=O) groups is 2. The van der Waals surface area contributed by atoms with Crippen LogP contribution in [0.5, 0.6) is 5.75 Å². The van der Waals surface area contributed by atoms with Crippen LogP contribution in [0.15, 0.2) is 48.5 Å². The maximum absolute atomic E-state index is 12.2. The number of ether oxygens (including phenoxy) is 1. The highest BCUT2D eigenvalue weighted by Gasteiger charge is 2.09. The summed E-state index contributed by atoms with van der Waals surface area (Å²) in [6, 6.07) is 14.5. The summed E-state index contributed by atoms with van der Waals surface area (Å²) in [5.41, 5.74) is 2.03. The third kappa shape index (κ3) is 7.86. The SMILES string of the molecule is CCC(C)NC(=O)c1ccc(NC(=O)CNc2cccc(OCC(C)C)c2)cc1. The number of benzene rings is 2. The van der Waals surface area contributed by atoms with Crippen molar-refractivity contribution in [1.29, 1.82) is 0 Å². The Kier molecular flexibility index (Phi) is 8.52. The molecule has 0 spiro atoms. The van der Waals surface area contributed by atoms with Crippen molar-refractivity contribution >= 4 is 23.2 Å². The van der Waals surface area contributed by atoms with E-state index in [0.717, 1.165) is 17.9 Å². The van der Waals surface area contributed by atoms with Crippen molar-refractivity contribution in [3.8, 4) is 5.75 Å². The number of amides is 2. The molecule has 0 aromatic heterocycles. The molecule has 2 amide bonds. The Labute approximate surface area is 173 Å². The Morgan fingerprint density at radius 1 is 1.00 bits per heavy atom. The number of anilines is 2. The van der Waals surface area contributed by atoms with Crippen LogP contribution in [-0.2, 0) is 4.79 Å². The van der Waals surface area contributed by atoms with Crippen molar-refractivity contribution in [1.82, 2.24) is 5.32 Å². The van der Waals surface area contributed by atoms with Crippen molar-refractivity contribution < 1.29 is 14.3 Å². The van der Waals surface area contributed by atoms with Crippen LogP contribution in [0.1, 0.15) is 44.5 Å². The first-order valence-corrected chi connectivity index (χ1v) is 10.0. The lowest BCUT2D eigenvalue weighted by atomic mass is 10.1. The van der Waals surface area contributed by atoms with Gasteiger partial charge in [0.05, 0.1) is 13.2 Å². The van der Waals surface area contributed by atoms with Gasteiger partial charge in [-0.05, 0) is 55.7 Å².